The SMILES string of the molecule is C[SH](C)c1ccc(Cl)cc1Cl. The van der Waals surface area contributed by atoms with Gasteiger partial charge in [0, 0.05) is 9.92 Å². The second kappa shape index (κ2) is 3.70. The number of rotatable bonds is 1. The summed E-state index contributed by atoms with van der Waals surface area (Å²) in [5.74, 6) is 0. The van der Waals surface area contributed by atoms with Crippen LogP contribution in [0.15, 0.2) is 23.1 Å². The first-order chi connectivity index (χ1) is 5.11. The molecule has 1 aromatic rings. The topological polar surface area (TPSA) is 0 Å². The molecule has 0 saturated heterocycles. The summed E-state index contributed by atoms with van der Waals surface area (Å²) in [5, 5.41) is 1.49. The van der Waals surface area contributed by atoms with Crippen LogP contribution in [-0.2, 0) is 0 Å². The maximum absolute atomic E-state index is 5.96. The fraction of sp³-hybridized carbons (Fsp3) is 0.250. The Morgan fingerprint density at radius 3 is 2.27 bits per heavy atom. The minimum Gasteiger partial charge on any atom is -0.231 e. The zero-order chi connectivity index (χ0) is 8.43. The van der Waals surface area contributed by atoms with Gasteiger partial charge >= 0.3 is 0 Å². The smallest absolute Gasteiger partial charge is 0.0539 e. The number of hydrogen-bond acceptors (Lipinski definition) is 0. The van der Waals surface area contributed by atoms with E-state index >= 15 is 0 Å². The van der Waals surface area contributed by atoms with Crippen molar-refractivity contribution in [2.75, 3.05) is 12.5 Å². The monoisotopic (exact) mass is 208 g/mol. The van der Waals surface area contributed by atoms with Crippen molar-refractivity contribution in [2.24, 2.45) is 0 Å². The van der Waals surface area contributed by atoms with Crippen molar-refractivity contribution in [1.82, 2.24) is 0 Å². The van der Waals surface area contributed by atoms with Gasteiger partial charge in [-0.25, -0.2) is 10.9 Å². The highest BCUT2D eigenvalue weighted by Crippen LogP contribution is 2.35. The molecule has 62 valence electrons. The van der Waals surface area contributed by atoms with Gasteiger partial charge in [-0.15, -0.1) is 0 Å². The average Bonchev–Trinajstić information content (AvgIpc) is 1.85. The molecule has 0 aliphatic heterocycles. The summed E-state index contributed by atoms with van der Waals surface area (Å²) in [7, 11) is -0.119. The third kappa shape index (κ3) is 2.29. The van der Waals surface area contributed by atoms with Crippen LogP contribution in [0.25, 0.3) is 0 Å². The Morgan fingerprint density at radius 1 is 1.18 bits per heavy atom. The molecule has 0 aromatic heterocycles. The van der Waals surface area contributed by atoms with E-state index in [4.69, 9.17) is 23.2 Å². The van der Waals surface area contributed by atoms with Crippen molar-refractivity contribution in [3.63, 3.8) is 0 Å². The lowest BCUT2D eigenvalue weighted by molar-refractivity contribution is 1.45. The van der Waals surface area contributed by atoms with Crippen molar-refractivity contribution in [3.05, 3.63) is 28.2 Å². The number of benzene rings is 1. The van der Waals surface area contributed by atoms with Gasteiger partial charge in [0.1, 0.15) is 0 Å². The predicted molar refractivity (Wildman–Crippen MR) is 55.6 cm³/mol. The quantitative estimate of drug-likeness (QED) is 0.671. The third-order valence-electron chi connectivity index (χ3n) is 1.39. The van der Waals surface area contributed by atoms with E-state index in [0.29, 0.717) is 5.02 Å². The molecule has 11 heavy (non-hydrogen) atoms. The Bertz CT molecular complexity index is 258. The van der Waals surface area contributed by atoms with Gasteiger partial charge in [-0.1, -0.05) is 23.2 Å². The molecule has 3 heteroatoms. The second-order valence-corrected chi connectivity index (χ2v) is 5.60. The largest absolute Gasteiger partial charge is 0.231 e. The summed E-state index contributed by atoms with van der Waals surface area (Å²) >= 11 is 11.7. The lowest BCUT2D eigenvalue weighted by atomic mass is 10.4. The molecule has 0 nitrogen and oxygen atoms in total. The molecule has 0 aliphatic rings. The van der Waals surface area contributed by atoms with Crippen LogP contribution in [0.2, 0.25) is 10.0 Å². The normalized spacial score (nSPS) is 11.5. The van der Waals surface area contributed by atoms with Crippen LogP contribution in [-0.4, -0.2) is 12.5 Å². The fourth-order valence-corrected chi connectivity index (χ4v) is 2.62. The summed E-state index contributed by atoms with van der Waals surface area (Å²) in [5.41, 5.74) is 0. The van der Waals surface area contributed by atoms with Gasteiger partial charge < -0.3 is 0 Å². The maximum atomic E-state index is 5.96. The van der Waals surface area contributed by atoms with Crippen molar-refractivity contribution in [3.8, 4) is 0 Å². The standard InChI is InChI=1S/C8H10Cl2S/c1-11(2)8-4-3-6(9)5-7(8)10/h3-5,11H,1-2H3. The van der Waals surface area contributed by atoms with Crippen molar-refractivity contribution >= 4 is 34.1 Å². The molecule has 0 fully saturated rings. The summed E-state index contributed by atoms with van der Waals surface area (Å²) in [6.45, 7) is 0. The van der Waals surface area contributed by atoms with Crippen LogP contribution in [0.3, 0.4) is 0 Å². The lowest BCUT2D eigenvalue weighted by Crippen LogP contribution is -1.79. The number of halogens is 2. The van der Waals surface area contributed by atoms with Crippen LogP contribution in [0.4, 0.5) is 0 Å². The van der Waals surface area contributed by atoms with Crippen molar-refractivity contribution in [1.29, 1.82) is 0 Å². The van der Waals surface area contributed by atoms with Gasteiger partial charge in [0.2, 0.25) is 0 Å². The molecule has 0 unspecified atom stereocenters. The minimum atomic E-state index is -0.119. The molecule has 1 aromatic carbocycles. The zero-order valence-electron chi connectivity index (χ0n) is 6.44. The molecule has 0 saturated carbocycles. The predicted octanol–water partition coefficient (Wildman–Crippen LogP) is 3.61. The van der Waals surface area contributed by atoms with Gasteiger partial charge in [0.15, 0.2) is 0 Å². The summed E-state index contributed by atoms with van der Waals surface area (Å²) in [6.07, 6.45) is 4.34. The first-order valence-electron chi connectivity index (χ1n) is 3.23. The Kier molecular flexibility index (Phi) is 3.11. The van der Waals surface area contributed by atoms with Crippen LogP contribution in [0.1, 0.15) is 0 Å². The van der Waals surface area contributed by atoms with Gasteiger partial charge in [-0.3, -0.25) is 0 Å². The average molecular weight is 209 g/mol. The molecule has 0 radical (unpaired) electrons. The molecular weight excluding hydrogens is 199 g/mol. The molecule has 0 bridgehead atoms. The molecule has 0 atom stereocenters. The lowest BCUT2D eigenvalue weighted by Gasteiger charge is -2.11. The highest BCUT2D eigenvalue weighted by Gasteiger charge is 2.01. The van der Waals surface area contributed by atoms with E-state index in [1.165, 1.54) is 4.90 Å². The van der Waals surface area contributed by atoms with E-state index in [1.807, 2.05) is 12.1 Å². The third-order valence-corrected chi connectivity index (χ3v) is 3.42. The maximum Gasteiger partial charge on any atom is 0.0539 e. The van der Waals surface area contributed by atoms with Crippen molar-refractivity contribution < 1.29 is 0 Å². The summed E-state index contributed by atoms with van der Waals surface area (Å²) < 4.78 is 0. The van der Waals surface area contributed by atoms with Gasteiger partial charge in [0.05, 0.1) is 5.02 Å². The first-order valence-corrected chi connectivity index (χ1v) is 6.23. The summed E-state index contributed by atoms with van der Waals surface area (Å²) in [6, 6.07) is 5.67. The highest BCUT2D eigenvalue weighted by molar-refractivity contribution is 8.16. The molecule has 0 spiro atoms. The number of hydrogen-bond donors (Lipinski definition) is 1. The molecule has 0 N–H and O–H groups in total. The zero-order valence-corrected chi connectivity index (χ0v) is 8.84. The van der Waals surface area contributed by atoms with E-state index < -0.39 is 0 Å². The molecular formula is C8H10Cl2S. The summed E-state index contributed by atoms with van der Waals surface area (Å²) in [4.78, 5) is 1.21. The van der Waals surface area contributed by atoms with E-state index in [2.05, 4.69) is 12.5 Å². The second-order valence-electron chi connectivity index (χ2n) is 2.49. The van der Waals surface area contributed by atoms with Gasteiger partial charge in [-0.05, 0) is 30.7 Å². The minimum absolute atomic E-state index is 0.119. The van der Waals surface area contributed by atoms with Crippen LogP contribution >= 0.6 is 34.1 Å². The van der Waals surface area contributed by atoms with E-state index in [9.17, 15) is 0 Å². The molecule has 0 amide bonds. The van der Waals surface area contributed by atoms with E-state index in [0.717, 1.165) is 5.02 Å². The van der Waals surface area contributed by atoms with E-state index in [1.54, 1.807) is 6.07 Å². The molecule has 0 aliphatic carbocycles. The van der Waals surface area contributed by atoms with Crippen molar-refractivity contribution in [2.45, 2.75) is 4.90 Å². The molecule has 0 heterocycles. The highest BCUT2D eigenvalue weighted by atomic mass is 35.5. The Morgan fingerprint density at radius 2 is 1.82 bits per heavy atom. The Hall–Kier alpha value is 0.150. The first kappa shape index (κ1) is 9.24. The number of thiol groups is 1. The molecule has 1 rings (SSSR count). The van der Waals surface area contributed by atoms with Crippen LogP contribution < -0.4 is 0 Å². The van der Waals surface area contributed by atoms with Crippen LogP contribution in [0, 0.1) is 0 Å². The van der Waals surface area contributed by atoms with E-state index in [-0.39, 0.29) is 10.9 Å². The Balaban J connectivity index is 3.09. The van der Waals surface area contributed by atoms with Crippen LogP contribution in [0.5, 0.6) is 0 Å². The van der Waals surface area contributed by atoms with Gasteiger partial charge in [-0.2, -0.15) is 0 Å². The Labute approximate surface area is 79.9 Å². The fourth-order valence-electron chi connectivity index (χ4n) is 0.844. The van der Waals surface area contributed by atoms with Gasteiger partial charge in [0.25, 0.3) is 0 Å².